The van der Waals surface area contributed by atoms with Gasteiger partial charge in [0.2, 0.25) is 5.90 Å². The summed E-state index contributed by atoms with van der Waals surface area (Å²) in [4.78, 5) is 4.72. The van der Waals surface area contributed by atoms with E-state index in [2.05, 4.69) is 12.1 Å². The third-order valence-electron chi connectivity index (χ3n) is 3.92. The topological polar surface area (TPSA) is 30.8 Å². The van der Waals surface area contributed by atoms with Crippen LogP contribution in [0.3, 0.4) is 0 Å². The van der Waals surface area contributed by atoms with Gasteiger partial charge in [0.1, 0.15) is 7.11 Å². The third-order valence-corrected chi connectivity index (χ3v) is 3.92. The lowest BCUT2D eigenvalue weighted by Gasteiger charge is -2.04. The summed E-state index contributed by atoms with van der Waals surface area (Å²) in [6.07, 6.45) is 18.8. The Hall–Kier alpha value is -0.730. The van der Waals surface area contributed by atoms with E-state index in [1.807, 2.05) is 0 Å². The quantitative estimate of drug-likeness (QED) is 0.159. The van der Waals surface area contributed by atoms with Crippen LogP contribution in [0.25, 0.3) is 0 Å². The second kappa shape index (κ2) is 17.3. The Kier molecular flexibility index (Phi) is 16.7. The first-order valence-corrected chi connectivity index (χ1v) is 8.99. The molecule has 0 radical (unpaired) electrons. The fourth-order valence-corrected chi connectivity index (χ4v) is 2.58. The van der Waals surface area contributed by atoms with E-state index < -0.39 is 0 Å². The number of nitrogens with zero attached hydrogens (tertiary/aromatic N) is 1. The predicted octanol–water partition coefficient (Wildman–Crippen LogP) is 6.07. The molecule has 0 amide bonds. The van der Waals surface area contributed by atoms with Gasteiger partial charge in [0, 0.05) is 6.42 Å². The molecule has 0 saturated carbocycles. The van der Waals surface area contributed by atoms with Gasteiger partial charge in [0.25, 0.3) is 0 Å². The molecule has 0 saturated heterocycles. The summed E-state index contributed by atoms with van der Waals surface area (Å²) in [6.45, 7) is 2.28. The van der Waals surface area contributed by atoms with Crippen LogP contribution >= 0.6 is 0 Å². The molecule has 3 heteroatoms. The van der Waals surface area contributed by atoms with Crippen LogP contribution in [-0.2, 0) is 9.57 Å². The summed E-state index contributed by atoms with van der Waals surface area (Å²) in [5.74, 6) is 0.709. The third kappa shape index (κ3) is 15.5. The van der Waals surface area contributed by atoms with E-state index in [0.717, 1.165) is 12.8 Å². The fraction of sp³-hybridized carbons (Fsp3) is 0.944. The summed E-state index contributed by atoms with van der Waals surface area (Å²) in [5.41, 5.74) is 0. The highest BCUT2D eigenvalue weighted by Gasteiger charge is 1.99. The van der Waals surface area contributed by atoms with Gasteiger partial charge in [-0.1, -0.05) is 89.1 Å². The maximum Gasteiger partial charge on any atom is 0.225 e. The Bertz CT molecular complexity index is 229. The molecular formula is C18H37NO2. The molecule has 0 fully saturated rings. The van der Waals surface area contributed by atoms with Gasteiger partial charge in [-0.3, -0.25) is 0 Å². The van der Waals surface area contributed by atoms with Gasteiger partial charge in [-0.15, -0.1) is 0 Å². The molecule has 3 nitrogen and oxygen atoms in total. The molecule has 0 unspecified atom stereocenters. The van der Waals surface area contributed by atoms with Crippen LogP contribution in [-0.4, -0.2) is 20.1 Å². The molecule has 0 aromatic heterocycles. The van der Waals surface area contributed by atoms with Crippen molar-refractivity contribution in [2.75, 3.05) is 14.2 Å². The normalized spacial score (nSPS) is 11.7. The lowest BCUT2D eigenvalue weighted by atomic mass is 10.0. The molecule has 0 spiro atoms. The Balaban J connectivity index is 3.14. The number of oxime groups is 1. The zero-order valence-electron chi connectivity index (χ0n) is 14.7. The first kappa shape index (κ1) is 20.3. The number of hydrogen-bond acceptors (Lipinski definition) is 3. The molecule has 0 aromatic carbocycles. The van der Waals surface area contributed by atoms with Crippen LogP contribution in [0.15, 0.2) is 5.16 Å². The smallest absolute Gasteiger partial charge is 0.225 e. The Labute approximate surface area is 132 Å². The molecule has 0 atom stereocenters. The molecule has 0 rings (SSSR count). The molecule has 0 aromatic rings. The van der Waals surface area contributed by atoms with Gasteiger partial charge in [-0.05, 0) is 6.42 Å². The van der Waals surface area contributed by atoms with Crippen LogP contribution in [0.5, 0.6) is 0 Å². The maximum absolute atomic E-state index is 5.12. The van der Waals surface area contributed by atoms with Gasteiger partial charge in [0.05, 0.1) is 7.11 Å². The summed E-state index contributed by atoms with van der Waals surface area (Å²) >= 11 is 0. The molecular weight excluding hydrogens is 262 g/mol. The van der Waals surface area contributed by atoms with Crippen molar-refractivity contribution >= 4 is 5.90 Å². The second-order valence-corrected chi connectivity index (χ2v) is 5.86. The van der Waals surface area contributed by atoms with Crippen molar-refractivity contribution in [1.82, 2.24) is 0 Å². The minimum Gasteiger partial charge on any atom is -0.482 e. The largest absolute Gasteiger partial charge is 0.482 e. The Morgan fingerprint density at radius 2 is 1.10 bits per heavy atom. The van der Waals surface area contributed by atoms with E-state index in [-0.39, 0.29) is 0 Å². The number of unbranched alkanes of at least 4 members (excludes halogenated alkanes) is 12. The highest BCUT2D eigenvalue weighted by atomic mass is 16.6. The Morgan fingerprint density at radius 1 is 0.667 bits per heavy atom. The van der Waals surface area contributed by atoms with Gasteiger partial charge < -0.3 is 9.57 Å². The fourth-order valence-electron chi connectivity index (χ4n) is 2.58. The van der Waals surface area contributed by atoms with E-state index in [1.165, 1.54) is 77.0 Å². The number of methoxy groups -OCH3 is 1. The molecule has 0 aliphatic heterocycles. The van der Waals surface area contributed by atoms with E-state index >= 15 is 0 Å². The van der Waals surface area contributed by atoms with Gasteiger partial charge in [-0.2, -0.15) is 0 Å². The van der Waals surface area contributed by atoms with Crippen LogP contribution in [0.2, 0.25) is 0 Å². The molecule has 0 aliphatic carbocycles. The summed E-state index contributed by atoms with van der Waals surface area (Å²) < 4.78 is 5.12. The van der Waals surface area contributed by atoms with Crippen LogP contribution in [0, 0.1) is 0 Å². The van der Waals surface area contributed by atoms with Gasteiger partial charge in [0.15, 0.2) is 0 Å². The summed E-state index contributed by atoms with van der Waals surface area (Å²) in [5, 5.41) is 3.83. The van der Waals surface area contributed by atoms with Crippen molar-refractivity contribution in [1.29, 1.82) is 0 Å². The van der Waals surface area contributed by atoms with Crippen LogP contribution in [0.1, 0.15) is 96.8 Å². The van der Waals surface area contributed by atoms with Crippen LogP contribution < -0.4 is 0 Å². The molecule has 126 valence electrons. The minimum atomic E-state index is 0.709. The zero-order chi connectivity index (χ0) is 15.6. The second-order valence-electron chi connectivity index (χ2n) is 5.86. The monoisotopic (exact) mass is 299 g/mol. The van der Waals surface area contributed by atoms with Crippen LogP contribution in [0.4, 0.5) is 0 Å². The molecule has 0 aliphatic rings. The molecule has 0 heterocycles. The highest BCUT2D eigenvalue weighted by Crippen LogP contribution is 2.13. The number of hydrogen-bond donors (Lipinski definition) is 0. The summed E-state index contributed by atoms with van der Waals surface area (Å²) in [7, 11) is 3.21. The van der Waals surface area contributed by atoms with E-state index in [1.54, 1.807) is 14.2 Å². The number of ether oxygens (including phenoxy) is 1. The maximum atomic E-state index is 5.12. The average molecular weight is 299 g/mol. The first-order chi connectivity index (χ1) is 10.3. The van der Waals surface area contributed by atoms with Crippen molar-refractivity contribution in [3.05, 3.63) is 0 Å². The highest BCUT2D eigenvalue weighted by molar-refractivity contribution is 5.75. The molecule has 21 heavy (non-hydrogen) atoms. The molecule has 0 N–H and O–H groups in total. The number of rotatable bonds is 15. The average Bonchev–Trinajstić information content (AvgIpc) is 2.50. The van der Waals surface area contributed by atoms with Gasteiger partial charge in [-0.25, -0.2) is 0 Å². The van der Waals surface area contributed by atoms with E-state index in [4.69, 9.17) is 9.57 Å². The van der Waals surface area contributed by atoms with Crippen molar-refractivity contribution in [2.45, 2.75) is 96.8 Å². The lowest BCUT2D eigenvalue weighted by Crippen LogP contribution is -2.01. The standard InChI is InChI=1S/C18H37NO2/c1-4-5-6-7-8-9-10-11-12-13-14-15-16-17-18(20-2)19-21-3/h4-17H2,1-3H3/b19-18+. The van der Waals surface area contributed by atoms with E-state index in [9.17, 15) is 0 Å². The SMILES string of the molecule is CCCCCCCCCCCCCCC/C(=N\OC)OC. The van der Waals surface area contributed by atoms with Crippen molar-refractivity contribution < 1.29 is 9.57 Å². The predicted molar refractivity (Wildman–Crippen MR) is 91.8 cm³/mol. The molecule has 0 bridgehead atoms. The van der Waals surface area contributed by atoms with Crippen molar-refractivity contribution in [3.63, 3.8) is 0 Å². The van der Waals surface area contributed by atoms with Crippen molar-refractivity contribution in [2.24, 2.45) is 5.16 Å². The van der Waals surface area contributed by atoms with Crippen molar-refractivity contribution in [3.8, 4) is 0 Å². The van der Waals surface area contributed by atoms with Gasteiger partial charge >= 0.3 is 0 Å². The minimum absolute atomic E-state index is 0.709. The first-order valence-electron chi connectivity index (χ1n) is 8.99. The lowest BCUT2D eigenvalue weighted by molar-refractivity contribution is 0.196. The summed E-state index contributed by atoms with van der Waals surface area (Å²) in [6, 6.07) is 0. The zero-order valence-corrected chi connectivity index (χ0v) is 14.7. The Morgan fingerprint density at radius 3 is 1.48 bits per heavy atom. The van der Waals surface area contributed by atoms with E-state index in [0.29, 0.717) is 5.90 Å².